The van der Waals surface area contributed by atoms with Crippen molar-refractivity contribution in [1.29, 1.82) is 0 Å². The minimum Gasteiger partial charge on any atom is -0.459 e. The second-order valence-corrected chi connectivity index (χ2v) is 6.50. The second kappa shape index (κ2) is 9.65. The van der Waals surface area contributed by atoms with E-state index in [1.165, 1.54) is 6.26 Å². The van der Waals surface area contributed by atoms with E-state index in [0.717, 1.165) is 18.1 Å². The summed E-state index contributed by atoms with van der Waals surface area (Å²) in [4.78, 5) is 16.7. The van der Waals surface area contributed by atoms with Crippen LogP contribution in [0.5, 0.6) is 0 Å². The van der Waals surface area contributed by atoms with Gasteiger partial charge in [0, 0.05) is 18.3 Å². The van der Waals surface area contributed by atoms with Crippen molar-refractivity contribution in [1.82, 2.24) is 10.6 Å². The number of anilines is 1. The molecule has 1 aromatic carbocycles. The molecule has 0 aliphatic heterocycles. The molecule has 1 unspecified atom stereocenters. The van der Waals surface area contributed by atoms with Crippen molar-refractivity contribution in [2.45, 2.75) is 40.3 Å². The Hall–Kier alpha value is -2.76. The van der Waals surface area contributed by atoms with E-state index in [-0.39, 0.29) is 11.7 Å². The van der Waals surface area contributed by atoms with Crippen molar-refractivity contribution in [2.75, 3.05) is 11.9 Å². The summed E-state index contributed by atoms with van der Waals surface area (Å²) in [5.74, 6) is 1.32. The number of furan rings is 1. The fourth-order valence-corrected chi connectivity index (χ4v) is 2.22. The molecule has 0 bridgehead atoms. The highest BCUT2D eigenvalue weighted by atomic mass is 16.3. The fourth-order valence-electron chi connectivity index (χ4n) is 2.22. The molecule has 1 atom stereocenters. The van der Waals surface area contributed by atoms with Gasteiger partial charge in [0.1, 0.15) is 0 Å². The highest BCUT2D eigenvalue weighted by Crippen LogP contribution is 2.13. The van der Waals surface area contributed by atoms with Crippen LogP contribution in [0.25, 0.3) is 0 Å². The van der Waals surface area contributed by atoms with Crippen molar-refractivity contribution in [3.05, 3.63) is 54.0 Å². The van der Waals surface area contributed by atoms with Crippen LogP contribution in [0.15, 0.2) is 52.1 Å². The lowest BCUT2D eigenvalue weighted by molar-refractivity contribution is 0.0996. The van der Waals surface area contributed by atoms with Crippen molar-refractivity contribution < 1.29 is 9.21 Å². The number of rotatable bonds is 7. The maximum atomic E-state index is 12.1. The highest BCUT2D eigenvalue weighted by Gasteiger charge is 2.10. The first kappa shape index (κ1) is 19.6. The molecule has 0 aliphatic rings. The Bertz CT molecular complexity index is 723. The summed E-state index contributed by atoms with van der Waals surface area (Å²) in [6.07, 6.45) is 1.48. The third-order valence-electron chi connectivity index (χ3n) is 4.06. The lowest BCUT2D eigenvalue weighted by atomic mass is 10.1. The minimum atomic E-state index is -0.267. The van der Waals surface area contributed by atoms with E-state index >= 15 is 0 Å². The number of amides is 1. The van der Waals surface area contributed by atoms with Gasteiger partial charge in [-0.15, -0.1) is 0 Å². The van der Waals surface area contributed by atoms with Crippen LogP contribution in [-0.4, -0.2) is 24.5 Å². The van der Waals surface area contributed by atoms with Gasteiger partial charge in [-0.05, 0) is 49.6 Å². The minimum absolute atomic E-state index is 0.267. The van der Waals surface area contributed by atoms with Gasteiger partial charge in [-0.2, -0.15) is 0 Å². The standard InChI is InChI=1S/C20H28N4O2/c1-5-21-20(23-15(4)14(2)3)22-13-16-8-6-9-17(12-16)24-19(25)18-10-7-11-26-18/h6-12,14-15H,5,13H2,1-4H3,(H,24,25)(H2,21,22,23). The molecule has 0 saturated heterocycles. The Labute approximate surface area is 155 Å². The molecule has 3 N–H and O–H groups in total. The van der Waals surface area contributed by atoms with Crippen molar-refractivity contribution in [3.63, 3.8) is 0 Å². The molecule has 6 nitrogen and oxygen atoms in total. The summed E-state index contributed by atoms with van der Waals surface area (Å²) < 4.78 is 5.11. The molecule has 6 heteroatoms. The predicted molar refractivity (Wildman–Crippen MR) is 105 cm³/mol. The third-order valence-corrected chi connectivity index (χ3v) is 4.06. The molecule has 0 aliphatic carbocycles. The van der Waals surface area contributed by atoms with Crippen molar-refractivity contribution >= 4 is 17.6 Å². The largest absolute Gasteiger partial charge is 0.459 e. The third kappa shape index (κ3) is 5.95. The van der Waals surface area contributed by atoms with Crippen molar-refractivity contribution in [2.24, 2.45) is 10.9 Å². The van der Waals surface area contributed by atoms with E-state index in [9.17, 15) is 4.79 Å². The Morgan fingerprint density at radius 2 is 2.00 bits per heavy atom. The van der Waals surface area contributed by atoms with Gasteiger partial charge in [0.15, 0.2) is 11.7 Å². The van der Waals surface area contributed by atoms with E-state index in [1.807, 2.05) is 31.2 Å². The molecule has 140 valence electrons. The molecule has 1 amide bonds. The van der Waals surface area contributed by atoms with Gasteiger partial charge in [0.25, 0.3) is 5.91 Å². The molecule has 0 radical (unpaired) electrons. The van der Waals surface area contributed by atoms with Crippen LogP contribution < -0.4 is 16.0 Å². The predicted octanol–water partition coefficient (Wildman–Crippen LogP) is 3.63. The van der Waals surface area contributed by atoms with Gasteiger partial charge in [0.2, 0.25) is 0 Å². The molecule has 1 aromatic heterocycles. The van der Waals surface area contributed by atoms with Crippen LogP contribution in [0.2, 0.25) is 0 Å². The van der Waals surface area contributed by atoms with Gasteiger partial charge >= 0.3 is 0 Å². The average molecular weight is 356 g/mol. The Balaban J connectivity index is 2.02. The van der Waals surface area contributed by atoms with Crippen LogP contribution in [0.3, 0.4) is 0 Å². The molecule has 2 rings (SSSR count). The monoisotopic (exact) mass is 356 g/mol. The number of aliphatic imine (C=N–C) groups is 1. The molecule has 0 saturated carbocycles. The number of hydrogen-bond acceptors (Lipinski definition) is 3. The summed E-state index contributed by atoms with van der Waals surface area (Å²) >= 11 is 0. The fraction of sp³-hybridized carbons (Fsp3) is 0.400. The Morgan fingerprint density at radius 1 is 1.19 bits per heavy atom. The number of carbonyl (C=O) groups excluding carboxylic acids is 1. The van der Waals surface area contributed by atoms with Gasteiger partial charge < -0.3 is 20.4 Å². The number of hydrogen-bond donors (Lipinski definition) is 3. The highest BCUT2D eigenvalue weighted by molar-refractivity contribution is 6.02. The molecular formula is C20H28N4O2. The summed E-state index contributed by atoms with van der Waals surface area (Å²) in [7, 11) is 0. The van der Waals surface area contributed by atoms with E-state index in [2.05, 4.69) is 41.7 Å². The zero-order valence-corrected chi connectivity index (χ0v) is 15.9. The lowest BCUT2D eigenvalue weighted by Gasteiger charge is -2.20. The topological polar surface area (TPSA) is 78.7 Å². The summed E-state index contributed by atoms with van der Waals surface area (Å²) in [6, 6.07) is 11.3. The van der Waals surface area contributed by atoms with Crippen LogP contribution in [-0.2, 0) is 6.54 Å². The first-order valence-electron chi connectivity index (χ1n) is 8.98. The SMILES string of the molecule is CCNC(=NCc1cccc(NC(=O)c2ccco2)c1)NC(C)C(C)C. The number of nitrogens with zero attached hydrogens (tertiary/aromatic N) is 1. The molecule has 1 heterocycles. The first-order valence-corrected chi connectivity index (χ1v) is 8.98. The van der Waals surface area contributed by atoms with Crippen molar-refractivity contribution in [3.8, 4) is 0 Å². The second-order valence-electron chi connectivity index (χ2n) is 6.50. The maximum absolute atomic E-state index is 12.1. The quantitative estimate of drug-likeness (QED) is 0.523. The van der Waals surface area contributed by atoms with Gasteiger partial charge in [-0.25, -0.2) is 4.99 Å². The molecule has 0 fully saturated rings. The first-order chi connectivity index (χ1) is 12.5. The van der Waals surface area contributed by atoms with E-state index < -0.39 is 0 Å². The average Bonchev–Trinajstić information content (AvgIpc) is 3.15. The molecular weight excluding hydrogens is 328 g/mol. The smallest absolute Gasteiger partial charge is 0.291 e. The molecule has 2 aromatic rings. The van der Waals surface area contributed by atoms with E-state index in [0.29, 0.717) is 24.2 Å². The normalized spacial score (nSPS) is 12.7. The van der Waals surface area contributed by atoms with Crippen LogP contribution >= 0.6 is 0 Å². The summed E-state index contributed by atoms with van der Waals surface area (Å²) in [5, 5.41) is 9.50. The van der Waals surface area contributed by atoms with E-state index in [4.69, 9.17) is 4.42 Å². The maximum Gasteiger partial charge on any atom is 0.291 e. The molecule has 0 spiro atoms. The van der Waals surface area contributed by atoms with Gasteiger partial charge in [-0.1, -0.05) is 26.0 Å². The number of benzene rings is 1. The Kier molecular flexibility index (Phi) is 7.26. The molecule has 26 heavy (non-hydrogen) atoms. The lowest BCUT2D eigenvalue weighted by Crippen LogP contribution is -2.44. The van der Waals surface area contributed by atoms with Gasteiger partial charge in [0.05, 0.1) is 12.8 Å². The zero-order valence-electron chi connectivity index (χ0n) is 15.9. The van der Waals surface area contributed by atoms with Crippen LogP contribution in [0.4, 0.5) is 5.69 Å². The number of guanidine groups is 1. The van der Waals surface area contributed by atoms with Gasteiger partial charge in [-0.3, -0.25) is 4.79 Å². The zero-order chi connectivity index (χ0) is 18.9. The Morgan fingerprint density at radius 3 is 2.65 bits per heavy atom. The van der Waals surface area contributed by atoms with Crippen LogP contribution in [0.1, 0.15) is 43.8 Å². The number of carbonyl (C=O) groups is 1. The summed E-state index contributed by atoms with van der Waals surface area (Å²) in [6.45, 7) is 9.85. The summed E-state index contributed by atoms with van der Waals surface area (Å²) in [5.41, 5.74) is 1.73. The van der Waals surface area contributed by atoms with E-state index in [1.54, 1.807) is 12.1 Å². The number of nitrogens with one attached hydrogen (secondary N) is 3. The van der Waals surface area contributed by atoms with Crippen LogP contribution in [0, 0.1) is 5.92 Å².